The molecule has 0 aliphatic heterocycles. The van der Waals surface area contributed by atoms with Crippen LogP contribution in [0.2, 0.25) is 0 Å². The molecule has 1 aromatic heterocycles. The van der Waals surface area contributed by atoms with Crippen LogP contribution in [0.5, 0.6) is 5.75 Å². The summed E-state index contributed by atoms with van der Waals surface area (Å²) in [5.74, 6) is 0.737. The molecule has 0 spiro atoms. The maximum Gasteiger partial charge on any atom is 0.221 e. The number of nitrogens with zero attached hydrogens (tertiary/aromatic N) is 2. The van der Waals surface area contributed by atoms with Crippen LogP contribution in [-0.4, -0.2) is 23.0 Å². The van der Waals surface area contributed by atoms with Crippen LogP contribution in [0.1, 0.15) is 38.3 Å². The molecule has 2 N–H and O–H groups in total. The Morgan fingerprint density at radius 1 is 1.17 bits per heavy atom. The Kier molecular flexibility index (Phi) is 6.95. The first-order valence-corrected chi connectivity index (χ1v) is 9.80. The fourth-order valence-electron chi connectivity index (χ4n) is 3.20. The quantitative estimate of drug-likeness (QED) is 0.536. The van der Waals surface area contributed by atoms with Crippen molar-refractivity contribution in [3.05, 3.63) is 66.2 Å². The number of rotatable bonds is 8. The van der Waals surface area contributed by atoms with Gasteiger partial charge < -0.3 is 15.4 Å². The van der Waals surface area contributed by atoms with Crippen molar-refractivity contribution in [2.24, 2.45) is 0 Å². The summed E-state index contributed by atoms with van der Waals surface area (Å²) in [5.41, 5.74) is 3.06. The van der Waals surface area contributed by atoms with E-state index in [1.54, 1.807) is 37.7 Å². The fraction of sp³-hybridized carbons (Fsp3) is 0.261. The molecule has 1 unspecified atom stereocenters. The highest BCUT2D eigenvalue weighted by atomic mass is 19.1. The van der Waals surface area contributed by atoms with Crippen LogP contribution < -0.4 is 15.4 Å². The Morgan fingerprint density at radius 3 is 2.60 bits per heavy atom. The molecule has 1 amide bonds. The summed E-state index contributed by atoms with van der Waals surface area (Å²) in [4.78, 5) is 20.4. The molecule has 3 rings (SSSR count). The Balaban J connectivity index is 1.86. The van der Waals surface area contributed by atoms with Gasteiger partial charge in [0, 0.05) is 12.5 Å². The van der Waals surface area contributed by atoms with Crippen molar-refractivity contribution < 1.29 is 13.9 Å². The number of nitrogens with one attached hydrogen (secondary N) is 2. The summed E-state index contributed by atoms with van der Waals surface area (Å²) in [5, 5.41) is 6.15. The number of aromatic nitrogens is 2. The molecule has 0 bridgehead atoms. The number of amides is 1. The number of halogens is 1. The number of hydrogen-bond acceptors (Lipinski definition) is 5. The first-order chi connectivity index (χ1) is 14.5. The average molecular weight is 408 g/mol. The van der Waals surface area contributed by atoms with Crippen molar-refractivity contribution in [3.63, 3.8) is 0 Å². The van der Waals surface area contributed by atoms with Gasteiger partial charge in [-0.2, -0.15) is 0 Å². The Morgan fingerprint density at radius 2 is 1.93 bits per heavy atom. The molecular weight excluding hydrogens is 383 g/mol. The standard InChI is InChI=1S/C23H25FN4O2/c1-4-5-19(16-6-9-18(24)10-7-16)27-23-14-25-13-21(28-23)17-8-11-20(26-15(2)29)22(12-17)30-3/h6-14,19H,4-5H2,1-3H3,(H,26,29)(H,27,28). The van der Waals surface area contributed by atoms with Crippen LogP contribution in [0.25, 0.3) is 11.3 Å². The van der Waals surface area contributed by atoms with Crippen LogP contribution in [0.15, 0.2) is 54.9 Å². The summed E-state index contributed by atoms with van der Waals surface area (Å²) in [6.07, 6.45) is 5.17. The number of ether oxygens (including phenoxy) is 1. The van der Waals surface area contributed by atoms with E-state index in [2.05, 4.69) is 27.5 Å². The maximum atomic E-state index is 13.3. The van der Waals surface area contributed by atoms with Gasteiger partial charge in [0.25, 0.3) is 0 Å². The molecule has 7 heteroatoms. The molecular formula is C23H25FN4O2. The number of hydrogen-bond donors (Lipinski definition) is 2. The molecule has 1 atom stereocenters. The van der Waals surface area contributed by atoms with Gasteiger partial charge in [-0.3, -0.25) is 9.78 Å². The predicted molar refractivity (Wildman–Crippen MR) is 116 cm³/mol. The van der Waals surface area contributed by atoms with Gasteiger partial charge in [0.2, 0.25) is 5.91 Å². The monoisotopic (exact) mass is 408 g/mol. The van der Waals surface area contributed by atoms with Crippen molar-refractivity contribution in [2.45, 2.75) is 32.7 Å². The lowest BCUT2D eigenvalue weighted by Gasteiger charge is -2.19. The summed E-state index contributed by atoms with van der Waals surface area (Å²) in [6, 6.07) is 11.9. The Labute approximate surface area is 175 Å². The van der Waals surface area contributed by atoms with Crippen molar-refractivity contribution >= 4 is 17.4 Å². The maximum absolute atomic E-state index is 13.3. The first-order valence-electron chi connectivity index (χ1n) is 9.80. The van der Waals surface area contributed by atoms with E-state index >= 15 is 0 Å². The largest absolute Gasteiger partial charge is 0.495 e. The topological polar surface area (TPSA) is 76.1 Å². The molecule has 2 aromatic carbocycles. The van der Waals surface area contributed by atoms with Crippen LogP contribution in [0, 0.1) is 5.82 Å². The van der Waals surface area contributed by atoms with Crippen molar-refractivity contribution in [1.82, 2.24) is 9.97 Å². The third kappa shape index (κ3) is 5.31. The van der Waals surface area contributed by atoms with Crippen molar-refractivity contribution in [2.75, 3.05) is 17.7 Å². The molecule has 0 aliphatic rings. The van der Waals surface area contributed by atoms with E-state index in [0.29, 0.717) is 22.9 Å². The molecule has 3 aromatic rings. The third-order valence-electron chi connectivity index (χ3n) is 4.61. The van der Waals surface area contributed by atoms with Gasteiger partial charge in [0.1, 0.15) is 17.4 Å². The second kappa shape index (κ2) is 9.82. The molecule has 0 saturated carbocycles. The average Bonchev–Trinajstić information content (AvgIpc) is 2.74. The Bertz CT molecular complexity index is 1010. The Hall–Kier alpha value is -3.48. The minimum Gasteiger partial charge on any atom is -0.495 e. The fourth-order valence-corrected chi connectivity index (χ4v) is 3.20. The lowest BCUT2D eigenvalue weighted by atomic mass is 10.0. The third-order valence-corrected chi connectivity index (χ3v) is 4.61. The number of methoxy groups -OCH3 is 1. The molecule has 0 saturated heterocycles. The molecule has 0 aliphatic carbocycles. The van der Waals surface area contributed by atoms with Gasteiger partial charge in [-0.15, -0.1) is 0 Å². The molecule has 30 heavy (non-hydrogen) atoms. The number of anilines is 2. The number of carbonyl (C=O) groups excluding carboxylic acids is 1. The van der Waals surface area contributed by atoms with Gasteiger partial charge in [0.05, 0.1) is 36.9 Å². The zero-order valence-corrected chi connectivity index (χ0v) is 17.3. The van der Waals surface area contributed by atoms with Crippen LogP contribution >= 0.6 is 0 Å². The van der Waals surface area contributed by atoms with E-state index in [1.165, 1.54) is 19.1 Å². The van der Waals surface area contributed by atoms with E-state index in [-0.39, 0.29) is 17.8 Å². The molecule has 1 heterocycles. The van der Waals surface area contributed by atoms with E-state index in [9.17, 15) is 9.18 Å². The van der Waals surface area contributed by atoms with Gasteiger partial charge in [-0.25, -0.2) is 9.37 Å². The molecule has 6 nitrogen and oxygen atoms in total. The van der Waals surface area contributed by atoms with Crippen LogP contribution in [0.4, 0.5) is 15.9 Å². The lowest BCUT2D eigenvalue weighted by molar-refractivity contribution is -0.114. The summed E-state index contributed by atoms with van der Waals surface area (Å²) in [6.45, 7) is 3.55. The van der Waals surface area contributed by atoms with Crippen LogP contribution in [0.3, 0.4) is 0 Å². The lowest BCUT2D eigenvalue weighted by Crippen LogP contribution is -2.12. The van der Waals surface area contributed by atoms with Gasteiger partial charge in [0.15, 0.2) is 0 Å². The first kappa shape index (κ1) is 21.2. The summed E-state index contributed by atoms with van der Waals surface area (Å²) < 4.78 is 18.7. The molecule has 0 fully saturated rings. The smallest absolute Gasteiger partial charge is 0.221 e. The van der Waals surface area contributed by atoms with Crippen LogP contribution in [-0.2, 0) is 4.79 Å². The van der Waals surface area contributed by atoms with E-state index in [1.807, 2.05) is 12.1 Å². The van der Waals surface area contributed by atoms with Gasteiger partial charge in [-0.05, 0) is 36.2 Å². The number of carbonyl (C=O) groups is 1. The zero-order chi connectivity index (χ0) is 21.5. The minimum atomic E-state index is -0.257. The second-order valence-electron chi connectivity index (χ2n) is 6.92. The highest BCUT2D eigenvalue weighted by molar-refractivity contribution is 5.91. The molecule has 0 radical (unpaired) electrons. The van der Waals surface area contributed by atoms with Crippen molar-refractivity contribution in [3.8, 4) is 17.0 Å². The normalized spacial score (nSPS) is 11.6. The van der Waals surface area contributed by atoms with E-state index in [4.69, 9.17) is 4.74 Å². The predicted octanol–water partition coefficient (Wildman–Crippen LogP) is 5.20. The molecule has 156 valence electrons. The van der Waals surface area contributed by atoms with E-state index in [0.717, 1.165) is 24.0 Å². The minimum absolute atomic E-state index is 0.00294. The second-order valence-corrected chi connectivity index (χ2v) is 6.92. The summed E-state index contributed by atoms with van der Waals surface area (Å²) in [7, 11) is 1.55. The van der Waals surface area contributed by atoms with E-state index < -0.39 is 0 Å². The highest BCUT2D eigenvalue weighted by Gasteiger charge is 2.13. The van der Waals surface area contributed by atoms with Gasteiger partial charge >= 0.3 is 0 Å². The number of benzene rings is 2. The van der Waals surface area contributed by atoms with Crippen molar-refractivity contribution in [1.29, 1.82) is 0 Å². The van der Waals surface area contributed by atoms with Gasteiger partial charge in [-0.1, -0.05) is 31.5 Å². The summed E-state index contributed by atoms with van der Waals surface area (Å²) >= 11 is 0. The highest BCUT2D eigenvalue weighted by Crippen LogP contribution is 2.31. The zero-order valence-electron chi connectivity index (χ0n) is 17.3. The SMILES string of the molecule is CCCC(Nc1cncc(-c2ccc(NC(C)=O)c(OC)c2)n1)c1ccc(F)cc1.